The molecule has 0 radical (unpaired) electrons. The summed E-state index contributed by atoms with van der Waals surface area (Å²) in [6, 6.07) is 7.09. The second-order valence-electron chi connectivity index (χ2n) is 3.04. The van der Waals surface area contributed by atoms with Gasteiger partial charge in [-0.25, -0.2) is 0 Å². The van der Waals surface area contributed by atoms with Gasteiger partial charge in [0.25, 0.3) is 0 Å². The summed E-state index contributed by atoms with van der Waals surface area (Å²) in [5.74, 6) is 0.328. The van der Waals surface area contributed by atoms with Gasteiger partial charge in [0.05, 0.1) is 0 Å². The molecule has 0 aromatic heterocycles. The van der Waals surface area contributed by atoms with Crippen LogP contribution in [0.3, 0.4) is 0 Å². The van der Waals surface area contributed by atoms with Crippen LogP contribution in [0.15, 0.2) is 30.2 Å². The van der Waals surface area contributed by atoms with Crippen LogP contribution in [0.4, 0.5) is 12.9 Å². The molecule has 0 aliphatic heterocycles. The molecular weight excluding hydrogens is 188 g/mol. The fourth-order valence-corrected chi connectivity index (χ4v) is 1.23. The zero-order chi connectivity index (χ0) is 10.6. The number of hydrogen-bond donors (Lipinski definition) is 0. The van der Waals surface area contributed by atoms with E-state index in [-0.39, 0.29) is 0 Å². The quantitative estimate of drug-likeness (QED) is 0.651. The topological polar surface area (TPSA) is 0 Å². The highest BCUT2D eigenvalue weighted by atomic mass is 19.4. The minimum Gasteiger partial charge on any atom is -0.445 e. The highest BCUT2D eigenvalue weighted by Gasteiger charge is 2.17. The maximum absolute atomic E-state index is 12.0. The first-order chi connectivity index (χ1) is 6.53. The highest BCUT2D eigenvalue weighted by Crippen LogP contribution is 2.16. The summed E-state index contributed by atoms with van der Waals surface area (Å²) in [5.41, 5.74) is 1.58. The van der Waals surface area contributed by atoms with Gasteiger partial charge in [0, 0.05) is 0 Å². The van der Waals surface area contributed by atoms with Crippen LogP contribution in [0.5, 0.6) is 0 Å². The lowest BCUT2D eigenvalue weighted by molar-refractivity contribution is 0.499. The minimum atomic E-state index is -4.83. The van der Waals surface area contributed by atoms with Gasteiger partial charge in [-0.05, 0) is 17.5 Å². The fourth-order valence-electron chi connectivity index (χ4n) is 1.23. The number of aryl methyl sites for hydroxylation is 1. The lowest BCUT2D eigenvalue weighted by Crippen LogP contribution is -2.09. The summed E-state index contributed by atoms with van der Waals surface area (Å²) >= 11 is 0. The molecule has 0 atom stereocenters. The van der Waals surface area contributed by atoms with E-state index in [4.69, 9.17) is 0 Å². The molecule has 76 valence electrons. The monoisotopic (exact) mass is 199 g/mol. The van der Waals surface area contributed by atoms with E-state index in [2.05, 4.69) is 0 Å². The highest BCUT2D eigenvalue weighted by molar-refractivity contribution is 6.64. The summed E-state index contributed by atoms with van der Waals surface area (Å²) < 4.78 is 35.9. The van der Waals surface area contributed by atoms with Gasteiger partial charge in [-0.15, -0.1) is 5.98 Å². The molecule has 14 heavy (non-hydrogen) atoms. The van der Waals surface area contributed by atoms with Crippen LogP contribution in [0.25, 0.3) is 6.08 Å². The van der Waals surface area contributed by atoms with Crippen molar-refractivity contribution in [3.05, 3.63) is 41.4 Å². The number of benzene rings is 1. The molecule has 0 fully saturated rings. The molecular formula is C10H11BF3-. The van der Waals surface area contributed by atoms with Crippen molar-refractivity contribution in [1.29, 1.82) is 0 Å². The molecule has 1 aromatic rings. The summed E-state index contributed by atoms with van der Waals surface area (Å²) in [6.45, 7) is -2.91. The Kier molecular flexibility index (Phi) is 3.39. The van der Waals surface area contributed by atoms with Gasteiger partial charge in [0.2, 0.25) is 0 Å². The van der Waals surface area contributed by atoms with Crippen LogP contribution in [0.1, 0.15) is 18.1 Å². The first-order valence-electron chi connectivity index (χ1n) is 4.50. The third-order valence-corrected chi connectivity index (χ3v) is 1.93. The molecule has 0 nitrogen and oxygen atoms in total. The van der Waals surface area contributed by atoms with Gasteiger partial charge in [0.1, 0.15) is 0 Å². The Morgan fingerprint density at radius 1 is 1.21 bits per heavy atom. The standard InChI is InChI=1S/C10H11BF3/c1-2-9-5-3-4-6-10(9)7-8-11(12,13)14/h3-8H,2H2,1H3/q-1/b8-7+. The van der Waals surface area contributed by atoms with Crippen molar-refractivity contribution in [2.24, 2.45) is 0 Å². The Morgan fingerprint density at radius 2 is 1.86 bits per heavy atom. The van der Waals surface area contributed by atoms with Crippen molar-refractivity contribution < 1.29 is 12.9 Å². The maximum Gasteiger partial charge on any atom is 0.502 e. The van der Waals surface area contributed by atoms with E-state index in [0.717, 1.165) is 18.1 Å². The van der Waals surface area contributed by atoms with E-state index in [9.17, 15) is 12.9 Å². The van der Waals surface area contributed by atoms with Crippen LogP contribution in [0, 0.1) is 0 Å². The van der Waals surface area contributed by atoms with Gasteiger partial charge < -0.3 is 12.9 Å². The third kappa shape index (κ3) is 3.28. The van der Waals surface area contributed by atoms with Crippen molar-refractivity contribution in [2.75, 3.05) is 0 Å². The van der Waals surface area contributed by atoms with E-state index < -0.39 is 6.98 Å². The molecule has 0 N–H and O–H groups in total. The molecule has 0 bridgehead atoms. The Labute approximate surface area is 81.5 Å². The molecule has 0 unspecified atom stereocenters. The molecule has 1 rings (SSSR count). The average Bonchev–Trinajstić information content (AvgIpc) is 2.14. The Hall–Kier alpha value is -1.19. The first-order valence-corrected chi connectivity index (χ1v) is 4.50. The number of hydrogen-bond acceptors (Lipinski definition) is 0. The predicted molar refractivity (Wildman–Crippen MR) is 53.9 cm³/mol. The van der Waals surface area contributed by atoms with E-state index in [1.165, 1.54) is 0 Å². The van der Waals surface area contributed by atoms with Crippen LogP contribution in [0.2, 0.25) is 0 Å². The summed E-state index contributed by atoms with van der Waals surface area (Å²) in [7, 11) is 0. The molecule has 0 aliphatic carbocycles. The van der Waals surface area contributed by atoms with Crippen LogP contribution >= 0.6 is 0 Å². The van der Waals surface area contributed by atoms with Crippen LogP contribution in [-0.4, -0.2) is 6.98 Å². The fraction of sp³-hybridized carbons (Fsp3) is 0.200. The first kappa shape index (κ1) is 10.9. The maximum atomic E-state index is 12.0. The third-order valence-electron chi connectivity index (χ3n) is 1.93. The second-order valence-corrected chi connectivity index (χ2v) is 3.04. The summed E-state index contributed by atoms with van der Waals surface area (Å²) in [5, 5.41) is 0. The molecule has 0 saturated carbocycles. The lowest BCUT2D eigenvalue weighted by Gasteiger charge is -2.08. The zero-order valence-corrected chi connectivity index (χ0v) is 7.88. The van der Waals surface area contributed by atoms with Crippen molar-refractivity contribution in [1.82, 2.24) is 0 Å². The van der Waals surface area contributed by atoms with E-state index in [1.807, 2.05) is 19.1 Å². The van der Waals surface area contributed by atoms with Crippen LogP contribution in [-0.2, 0) is 6.42 Å². The zero-order valence-electron chi connectivity index (χ0n) is 7.88. The molecule has 4 heteroatoms. The van der Waals surface area contributed by atoms with E-state index in [1.54, 1.807) is 12.1 Å². The molecule has 0 saturated heterocycles. The summed E-state index contributed by atoms with van der Waals surface area (Å²) in [4.78, 5) is 0. The molecule has 0 spiro atoms. The average molecular weight is 199 g/mol. The van der Waals surface area contributed by atoms with Crippen molar-refractivity contribution in [2.45, 2.75) is 13.3 Å². The Bertz CT molecular complexity index is 328. The lowest BCUT2D eigenvalue weighted by atomic mass is 9.90. The van der Waals surface area contributed by atoms with Crippen LogP contribution < -0.4 is 0 Å². The van der Waals surface area contributed by atoms with Gasteiger partial charge in [-0.2, -0.15) is 0 Å². The SMILES string of the molecule is CCc1ccccc1/C=C/[B-](F)(F)F. The van der Waals surface area contributed by atoms with E-state index >= 15 is 0 Å². The Morgan fingerprint density at radius 3 is 2.43 bits per heavy atom. The molecule has 0 heterocycles. The summed E-state index contributed by atoms with van der Waals surface area (Å²) in [6.07, 6.45) is 1.88. The normalized spacial score (nSPS) is 12.3. The smallest absolute Gasteiger partial charge is 0.445 e. The second kappa shape index (κ2) is 4.35. The molecule has 1 aromatic carbocycles. The van der Waals surface area contributed by atoms with Crippen molar-refractivity contribution in [3.8, 4) is 0 Å². The Balaban J connectivity index is 2.91. The van der Waals surface area contributed by atoms with Crippen molar-refractivity contribution >= 4 is 13.1 Å². The largest absolute Gasteiger partial charge is 0.502 e. The van der Waals surface area contributed by atoms with E-state index in [0.29, 0.717) is 11.5 Å². The molecule has 0 amide bonds. The minimum absolute atomic E-state index is 0.328. The predicted octanol–water partition coefficient (Wildman–Crippen LogP) is 3.65. The van der Waals surface area contributed by atoms with Gasteiger partial charge in [0.15, 0.2) is 0 Å². The molecule has 0 aliphatic rings. The van der Waals surface area contributed by atoms with Gasteiger partial charge >= 0.3 is 6.98 Å². The number of rotatable bonds is 3. The number of halogens is 3. The van der Waals surface area contributed by atoms with Gasteiger partial charge in [-0.3, -0.25) is 0 Å². The van der Waals surface area contributed by atoms with Gasteiger partial charge in [-0.1, -0.05) is 37.3 Å². The van der Waals surface area contributed by atoms with Crippen molar-refractivity contribution in [3.63, 3.8) is 0 Å².